The van der Waals surface area contributed by atoms with Gasteiger partial charge in [-0.25, -0.2) is 18.4 Å². The summed E-state index contributed by atoms with van der Waals surface area (Å²) in [5, 5.41) is 9.72. The Morgan fingerprint density at radius 2 is 1.76 bits per heavy atom. The van der Waals surface area contributed by atoms with Crippen molar-refractivity contribution >= 4 is 27.5 Å². The number of sulfonamides is 1. The third-order valence-corrected chi connectivity index (χ3v) is 6.69. The average Bonchev–Trinajstić information content (AvgIpc) is 3.29. The molecule has 0 fully saturated rings. The summed E-state index contributed by atoms with van der Waals surface area (Å²) in [7, 11) is -3.70. The minimum absolute atomic E-state index is 0.178. The molecule has 0 aliphatic rings. The minimum Gasteiger partial charge on any atom is -0.481 e. The van der Waals surface area contributed by atoms with Gasteiger partial charge in [0.2, 0.25) is 0 Å². The molecule has 2 aromatic carbocycles. The molecule has 2 aromatic heterocycles. The highest BCUT2D eigenvalue weighted by molar-refractivity contribution is 7.92. The van der Waals surface area contributed by atoms with Gasteiger partial charge in [0.25, 0.3) is 10.0 Å². The molecule has 0 saturated carbocycles. The molecule has 0 spiro atoms. The van der Waals surface area contributed by atoms with Crippen LogP contribution in [-0.2, 0) is 21.2 Å². The summed E-state index contributed by atoms with van der Waals surface area (Å²) in [6.45, 7) is 1.89. The summed E-state index contributed by atoms with van der Waals surface area (Å²) < 4.78 is 29.4. The lowest BCUT2D eigenvalue weighted by Gasteiger charge is -2.10. The number of aliphatic carboxylic acids is 1. The van der Waals surface area contributed by atoms with E-state index in [1.165, 1.54) is 6.33 Å². The summed E-state index contributed by atoms with van der Waals surface area (Å²) in [5.41, 5.74) is 8.81. The van der Waals surface area contributed by atoms with Crippen molar-refractivity contribution in [2.45, 2.75) is 24.2 Å². The first-order valence-electron chi connectivity index (χ1n) is 10.4. The molecule has 0 radical (unpaired) electrons. The van der Waals surface area contributed by atoms with Gasteiger partial charge in [0.1, 0.15) is 11.7 Å². The minimum atomic E-state index is -3.70. The van der Waals surface area contributed by atoms with E-state index in [1.807, 2.05) is 6.92 Å². The Balaban J connectivity index is 1.50. The van der Waals surface area contributed by atoms with Crippen molar-refractivity contribution in [2.24, 2.45) is 0 Å². The van der Waals surface area contributed by atoms with Crippen LogP contribution >= 0.6 is 0 Å². The number of nitrogens with two attached hydrogens (primary N) is 1. The van der Waals surface area contributed by atoms with E-state index in [-0.39, 0.29) is 11.3 Å². The molecule has 174 valence electrons. The zero-order chi connectivity index (χ0) is 24.3. The van der Waals surface area contributed by atoms with Gasteiger partial charge in [-0.15, -0.1) is 0 Å². The van der Waals surface area contributed by atoms with E-state index in [0.717, 1.165) is 11.1 Å². The predicted molar refractivity (Wildman–Crippen MR) is 128 cm³/mol. The lowest BCUT2D eigenvalue weighted by molar-refractivity contribution is -0.138. The molecular weight excluding hydrogens is 454 g/mol. The van der Waals surface area contributed by atoms with Crippen LogP contribution in [0.3, 0.4) is 0 Å². The van der Waals surface area contributed by atoms with Crippen LogP contribution in [0, 0.1) is 6.92 Å². The van der Waals surface area contributed by atoms with Crippen molar-refractivity contribution in [1.29, 1.82) is 0 Å². The van der Waals surface area contributed by atoms with Crippen LogP contribution in [0.15, 0.2) is 84.3 Å². The Bertz CT molecular complexity index is 1400. The second kappa shape index (κ2) is 9.36. The lowest BCUT2D eigenvalue weighted by atomic mass is 9.98. The average molecular weight is 478 g/mol. The maximum atomic E-state index is 12.6. The standard InChI is InChI=1S/C24H23N5O4S/c1-16-2-9-20(10-3-16)34(32,33)28-18-5-7-19(8-6-18)29-14-22(27-15-29)21(24(30)31)12-17-4-11-23(25)26-13-17/h2-11,13-15,21,28H,12H2,1H3,(H2,25,26)(H,30,31). The van der Waals surface area contributed by atoms with Crippen LogP contribution < -0.4 is 10.5 Å². The Morgan fingerprint density at radius 1 is 1.06 bits per heavy atom. The zero-order valence-corrected chi connectivity index (χ0v) is 19.1. The smallest absolute Gasteiger partial charge is 0.312 e. The summed E-state index contributed by atoms with van der Waals surface area (Å²) in [6, 6.07) is 16.7. The fraction of sp³-hybridized carbons (Fsp3) is 0.125. The number of pyridine rings is 1. The number of aromatic nitrogens is 3. The monoisotopic (exact) mass is 477 g/mol. The molecule has 0 saturated heterocycles. The number of hydrogen-bond donors (Lipinski definition) is 3. The van der Waals surface area contributed by atoms with Crippen molar-refractivity contribution < 1.29 is 18.3 Å². The van der Waals surface area contributed by atoms with Gasteiger partial charge in [-0.3, -0.25) is 9.52 Å². The van der Waals surface area contributed by atoms with Crippen molar-refractivity contribution in [3.63, 3.8) is 0 Å². The Labute approximate surface area is 197 Å². The molecule has 4 N–H and O–H groups in total. The van der Waals surface area contributed by atoms with E-state index in [4.69, 9.17) is 5.73 Å². The highest BCUT2D eigenvalue weighted by Gasteiger charge is 2.23. The lowest BCUT2D eigenvalue weighted by Crippen LogP contribution is -2.15. The number of anilines is 2. The van der Waals surface area contributed by atoms with Crippen LogP contribution in [0.1, 0.15) is 22.7 Å². The van der Waals surface area contributed by atoms with Gasteiger partial charge in [-0.1, -0.05) is 23.8 Å². The number of nitrogens with zero attached hydrogens (tertiary/aromatic N) is 3. The van der Waals surface area contributed by atoms with Crippen LogP contribution in [0.25, 0.3) is 5.69 Å². The second-order valence-corrected chi connectivity index (χ2v) is 9.54. The third-order valence-electron chi connectivity index (χ3n) is 5.29. The van der Waals surface area contributed by atoms with E-state index >= 15 is 0 Å². The van der Waals surface area contributed by atoms with Gasteiger partial charge in [0.05, 0.1) is 16.9 Å². The van der Waals surface area contributed by atoms with Crippen molar-refractivity contribution in [3.05, 3.63) is 96.2 Å². The zero-order valence-electron chi connectivity index (χ0n) is 18.3. The first-order valence-corrected chi connectivity index (χ1v) is 11.9. The van der Waals surface area contributed by atoms with E-state index in [0.29, 0.717) is 22.9 Å². The number of benzene rings is 2. The maximum absolute atomic E-state index is 12.6. The normalized spacial score (nSPS) is 12.3. The molecular formula is C24H23N5O4S. The maximum Gasteiger partial charge on any atom is 0.312 e. The topological polar surface area (TPSA) is 140 Å². The summed E-state index contributed by atoms with van der Waals surface area (Å²) in [6.07, 6.45) is 4.95. The highest BCUT2D eigenvalue weighted by atomic mass is 32.2. The summed E-state index contributed by atoms with van der Waals surface area (Å²) in [4.78, 5) is 20.3. The van der Waals surface area contributed by atoms with E-state index in [2.05, 4.69) is 14.7 Å². The van der Waals surface area contributed by atoms with Crippen molar-refractivity contribution in [2.75, 3.05) is 10.5 Å². The van der Waals surface area contributed by atoms with Crippen LogP contribution in [0.4, 0.5) is 11.5 Å². The van der Waals surface area contributed by atoms with Crippen LogP contribution in [-0.4, -0.2) is 34.0 Å². The molecule has 2 heterocycles. The molecule has 0 aliphatic carbocycles. The number of carboxylic acids is 1. The molecule has 34 heavy (non-hydrogen) atoms. The van der Waals surface area contributed by atoms with E-state index < -0.39 is 21.9 Å². The highest BCUT2D eigenvalue weighted by Crippen LogP contribution is 2.23. The Hall–Kier alpha value is -4.18. The van der Waals surface area contributed by atoms with Crippen LogP contribution in [0.2, 0.25) is 0 Å². The number of imidazole rings is 1. The summed E-state index contributed by atoms with van der Waals surface area (Å²) >= 11 is 0. The number of rotatable bonds is 8. The van der Waals surface area contributed by atoms with Gasteiger partial charge in [0, 0.05) is 23.8 Å². The number of carboxylic acid groups (broad SMARTS) is 1. The number of nitrogens with one attached hydrogen (secondary N) is 1. The number of aryl methyl sites for hydroxylation is 1. The molecule has 10 heteroatoms. The molecule has 0 aliphatic heterocycles. The van der Waals surface area contributed by atoms with E-state index in [9.17, 15) is 18.3 Å². The van der Waals surface area contributed by atoms with E-state index in [1.54, 1.807) is 77.6 Å². The Kier molecular flexibility index (Phi) is 6.33. The summed E-state index contributed by atoms with van der Waals surface area (Å²) in [5.74, 6) is -1.49. The predicted octanol–water partition coefficient (Wildman–Crippen LogP) is 3.37. The molecule has 0 amide bonds. The molecule has 0 bridgehead atoms. The van der Waals surface area contributed by atoms with Gasteiger partial charge >= 0.3 is 5.97 Å². The molecule has 9 nitrogen and oxygen atoms in total. The fourth-order valence-corrected chi connectivity index (χ4v) is 4.46. The first-order chi connectivity index (χ1) is 16.2. The van der Waals surface area contributed by atoms with Crippen molar-refractivity contribution in [3.8, 4) is 5.69 Å². The quantitative estimate of drug-likeness (QED) is 0.353. The van der Waals surface area contributed by atoms with Gasteiger partial charge in [-0.05, 0) is 61.4 Å². The molecule has 4 aromatic rings. The van der Waals surface area contributed by atoms with Gasteiger partial charge in [0.15, 0.2) is 0 Å². The van der Waals surface area contributed by atoms with Crippen molar-refractivity contribution in [1.82, 2.24) is 14.5 Å². The molecule has 1 unspecified atom stereocenters. The number of carbonyl (C=O) groups is 1. The van der Waals surface area contributed by atoms with Crippen LogP contribution in [0.5, 0.6) is 0 Å². The fourth-order valence-electron chi connectivity index (χ4n) is 3.40. The Morgan fingerprint density at radius 3 is 2.38 bits per heavy atom. The largest absolute Gasteiger partial charge is 0.481 e. The SMILES string of the molecule is Cc1ccc(S(=O)(=O)Nc2ccc(-n3cnc(C(Cc4ccc(N)nc4)C(=O)O)c3)cc2)cc1. The second-order valence-electron chi connectivity index (χ2n) is 7.86. The van der Waals surface area contributed by atoms with Gasteiger partial charge < -0.3 is 15.4 Å². The third kappa shape index (κ3) is 5.24. The molecule has 4 rings (SSSR count). The number of hydrogen-bond acceptors (Lipinski definition) is 6. The molecule has 1 atom stereocenters. The van der Waals surface area contributed by atoms with Gasteiger partial charge in [-0.2, -0.15) is 0 Å². The number of nitrogen functional groups attached to an aromatic ring is 1. The first kappa shape index (κ1) is 23.0.